The van der Waals surface area contributed by atoms with Gasteiger partial charge < -0.3 is 10.2 Å². The third-order valence-corrected chi connectivity index (χ3v) is 2.97. The first-order valence-corrected chi connectivity index (χ1v) is 4.81. The van der Waals surface area contributed by atoms with Crippen molar-refractivity contribution in [2.45, 2.75) is 23.8 Å². The Balaban J connectivity index is 3.07. The van der Waals surface area contributed by atoms with E-state index in [2.05, 4.69) is 15.9 Å². The molecular weight excluding hydrogens is 259 g/mol. The lowest BCUT2D eigenvalue weighted by molar-refractivity contribution is -0.136. The zero-order chi connectivity index (χ0) is 10.9. The molecule has 4 nitrogen and oxygen atoms in total. The molecule has 6 heteroatoms. The highest BCUT2D eigenvalue weighted by Gasteiger charge is 2.34. The normalized spacial score (nSPS) is 27.6. The molecular formula is C8H8BrFO4. The number of rotatable bonds is 2. The Labute approximate surface area is 87.5 Å². The number of alkyl halides is 2. The van der Waals surface area contributed by atoms with E-state index < -0.39 is 22.9 Å². The van der Waals surface area contributed by atoms with Crippen LogP contribution in [-0.4, -0.2) is 33.2 Å². The van der Waals surface area contributed by atoms with Crippen LogP contribution in [0.25, 0.3) is 0 Å². The summed E-state index contributed by atoms with van der Waals surface area (Å²) in [6.45, 7) is 0. The Kier molecular flexibility index (Phi) is 3.25. The second-order valence-corrected chi connectivity index (χ2v) is 4.18. The molecule has 0 amide bonds. The van der Waals surface area contributed by atoms with Crippen LogP contribution in [0.5, 0.6) is 0 Å². The van der Waals surface area contributed by atoms with Gasteiger partial charge in [-0.15, -0.1) is 0 Å². The van der Waals surface area contributed by atoms with Gasteiger partial charge in [-0.2, -0.15) is 0 Å². The molecule has 0 aromatic heterocycles. The van der Waals surface area contributed by atoms with E-state index in [1.54, 1.807) is 0 Å². The van der Waals surface area contributed by atoms with Gasteiger partial charge in [-0.3, -0.25) is 0 Å². The van der Waals surface area contributed by atoms with Crippen LogP contribution in [-0.2, 0) is 9.59 Å². The molecule has 2 unspecified atom stereocenters. The standard InChI is InChI=1S/C8H8BrFO4/c9-5-1-3(7(11)12)4(8(13)14)2-6(5)10/h5-6H,1-2H2,(H,11,12)(H,13,14). The molecule has 0 spiro atoms. The summed E-state index contributed by atoms with van der Waals surface area (Å²) in [5.74, 6) is -2.65. The molecule has 1 aliphatic carbocycles. The average Bonchev–Trinajstić information content (AvgIpc) is 2.08. The lowest BCUT2D eigenvalue weighted by Crippen LogP contribution is -2.28. The second-order valence-electron chi connectivity index (χ2n) is 3.01. The van der Waals surface area contributed by atoms with Crippen molar-refractivity contribution in [1.29, 1.82) is 0 Å². The number of carboxylic acids is 2. The van der Waals surface area contributed by atoms with E-state index in [-0.39, 0.29) is 24.0 Å². The van der Waals surface area contributed by atoms with Crippen LogP contribution >= 0.6 is 15.9 Å². The molecule has 0 saturated carbocycles. The van der Waals surface area contributed by atoms with Gasteiger partial charge in [0.15, 0.2) is 0 Å². The number of aliphatic carboxylic acids is 2. The molecule has 2 atom stereocenters. The smallest absolute Gasteiger partial charge is 0.332 e. The highest BCUT2D eigenvalue weighted by molar-refractivity contribution is 9.09. The Morgan fingerprint density at radius 2 is 1.64 bits per heavy atom. The van der Waals surface area contributed by atoms with Gasteiger partial charge in [-0.25, -0.2) is 14.0 Å². The molecule has 0 saturated heterocycles. The highest BCUT2D eigenvalue weighted by Crippen LogP contribution is 2.32. The lowest BCUT2D eigenvalue weighted by Gasteiger charge is -2.22. The van der Waals surface area contributed by atoms with E-state index in [9.17, 15) is 14.0 Å². The predicted octanol–water partition coefficient (Wildman–Crippen LogP) is 1.35. The fourth-order valence-corrected chi connectivity index (χ4v) is 1.84. The highest BCUT2D eigenvalue weighted by atomic mass is 79.9. The van der Waals surface area contributed by atoms with Crippen LogP contribution in [0.2, 0.25) is 0 Å². The Morgan fingerprint density at radius 3 is 2.07 bits per heavy atom. The zero-order valence-electron chi connectivity index (χ0n) is 7.04. The minimum Gasteiger partial charge on any atom is -0.478 e. The van der Waals surface area contributed by atoms with Gasteiger partial charge in [0.05, 0.1) is 10.4 Å². The maximum atomic E-state index is 13.1. The summed E-state index contributed by atoms with van der Waals surface area (Å²) in [6.07, 6.45) is -1.80. The maximum absolute atomic E-state index is 13.1. The molecule has 0 radical (unpaired) electrons. The summed E-state index contributed by atoms with van der Waals surface area (Å²) in [7, 11) is 0. The first kappa shape index (κ1) is 11.2. The maximum Gasteiger partial charge on any atom is 0.332 e. The Hall–Kier alpha value is -0.910. The molecule has 0 aromatic carbocycles. The van der Waals surface area contributed by atoms with Crippen molar-refractivity contribution in [2.75, 3.05) is 0 Å². The van der Waals surface area contributed by atoms with Crippen LogP contribution in [0.3, 0.4) is 0 Å². The van der Waals surface area contributed by atoms with Crippen LogP contribution in [0.4, 0.5) is 4.39 Å². The van der Waals surface area contributed by atoms with Crippen LogP contribution in [0.15, 0.2) is 11.1 Å². The van der Waals surface area contributed by atoms with Gasteiger partial charge in [0, 0.05) is 12.0 Å². The van der Waals surface area contributed by atoms with E-state index in [1.807, 2.05) is 0 Å². The molecule has 0 fully saturated rings. The quantitative estimate of drug-likeness (QED) is 0.740. The molecule has 1 aliphatic rings. The van der Waals surface area contributed by atoms with E-state index in [4.69, 9.17) is 10.2 Å². The number of hydrogen-bond donors (Lipinski definition) is 2. The summed E-state index contributed by atoms with van der Waals surface area (Å²) < 4.78 is 13.1. The van der Waals surface area contributed by atoms with Crippen LogP contribution in [0, 0.1) is 0 Å². The molecule has 2 N–H and O–H groups in total. The van der Waals surface area contributed by atoms with Gasteiger partial charge in [-0.05, 0) is 6.42 Å². The molecule has 0 aromatic rings. The molecule has 0 aliphatic heterocycles. The molecule has 14 heavy (non-hydrogen) atoms. The minimum atomic E-state index is -1.36. The fraction of sp³-hybridized carbons (Fsp3) is 0.500. The van der Waals surface area contributed by atoms with Crippen molar-refractivity contribution < 1.29 is 24.2 Å². The first-order valence-electron chi connectivity index (χ1n) is 3.90. The molecule has 1 rings (SSSR count). The number of carboxylic acid groups (broad SMARTS) is 2. The Bertz CT molecular complexity index is 282. The second kappa shape index (κ2) is 4.08. The SMILES string of the molecule is O=C(O)C1=C(C(=O)O)CC(Br)C(F)C1. The molecule has 78 valence electrons. The van der Waals surface area contributed by atoms with E-state index in [0.717, 1.165) is 0 Å². The fourth-order valence-electron chi connectivity index (χ4n) is 1.32. The van der Waals surface area contributed by atoms with E-state index >= 15 is 0 Å². The number of halogens is 2. The van der Waals surface area contributed by atoms with Crippen molar-refractivity contribution in [2.24, 2.45) is 0 Å². The van der Waals surface area contributed by atoms with Gasteiger partial charge >= 0.3 is 11.9 Å². The lowest BCUT2D eigenvalue weighted by atomic mass is 9.90. The van der Waals surface area contributed by atoms with Gasteiger partial charge in [0.1, 0.15) is 6.17 Å². The van der Waals surface area contributed by atoms with Gasteiger partial charge in [-0.1, -0.05) is 15.9 Å². The molecule has 0 heterocycles. The van der Waals surface area contributed by atoms with Crippen LogP contribution in [0.1, 0.15) is 12.8 Å². The van der Waals surface area contributed by atoms with Crippen molar-refractivity contribution in [3.63, 3.8) is 0 Å². The van der Waals surface area contributed by atoms with Crippen molar-refractivity contribution in [3.05, 3.63) is 11.1 Å². The third kappa shape index (κ3) is 2.12. The van der Waals surface area contributed by atoms with Crippen LogP contribution < -0.4 is 0 Å². The van der Waals surface area contributed by atoms with E-state index in [0.29, 0.717) is 0 Å². The van der Waals surface area contributed by atoms with Crippen molar-refractivity contribution >= 4 is 27.9 Å². The largest absolute Gasteiger partial charge is 0.478 e. The summed E-state index contributed by atoms with van der Waals surface area (Å²) in [4.78, 5) is 20.7. The summed E-state index contributed by atoms with van der Waals surface area (Å²) >= 11 is 2.97. The monoisotopic (exact) mass is 266 g/mol. The third-order valence-electron chi connectivity index (χ3n) is 2.07. The van der Waals surface area contributed by atoms with Crippen molar-refractivity contribution in [1.82, 2.24) is 0 Å². The first-order chi connectivity index (χ1) is 6.43. The summed E-state index contributed by atoms with van der Waals surface area (Å²) in [6, 6.07) is 0. The number of hydrogen-bond acceptors (Lipinski definition) is 2. The predicted molar refractivity (Wildman–Crippen MR) is 49.1 cm³/mol. The van der Waals surface area contributed by atoms with Gasteiger partial charge in [0.25, 0.3) is 0 Å². The summed E-state index contributed by atoms with van der Waals surface area (Å²) in [5.41, 5.74) is -0.547. The van der Waals surface area contributed by atoms with E-state index in [1.165, 1.54) is 0 Å². The summed E-state index contributed by atoms with van der Waals surface area (Å²) in [5, 5.41) is 17.4. The van der Waals surface area contributed by atoms with Gasteiger partial charge in [0.2, 0.25) is 0 Å². The Morgan fingerprint density at radius 1 is 1.21 bits per heavy atom. The minimum absolute atomic E-state index is 0.0991. The molecule has 0 bridgehead atoms. The van der Waals surface area contributed by atoms with Crippen molar-refractivity contribution in [3.8, 4) is 0 Å². The number of carbonyl (C=O) groups is 2. The average molecular weight is 267 g/mol. The topological polar surface area (TPSA) is 74.6 Å². The zero-order valence-corrected chi connectivity index (χ0v) is 8.62.